The van der Waals surface area contributed by atoms with Crippen molar-refractivity contribution in [3.05, 3.63) is 70.0 Å². The molecular formula is C20H22ClN3OS. The van der Waals surface area contributed by atoms with Crippen LogP contribution in [-0.4, -0.2) is 14.8 Å². The molecule has 4 nitrogen and oxygen atoms in total. The minimum atomic E-state index is 0.411. The van der Waals surface area contributed by atoms with Crippen LogP contribution in [0.15, 0.2) is 47.6 Å². The number of aromatic nitrogens is 3. The number of nitrogens with zero attached hydrogens (tertiary/aromatic N) is 3. The summed E-state index contributed by atoms with van der Waals surface area (Å²) in [4.78, 5) is 0. The number of thioether (sulfide) groups is 1. The van der Waals surface area contributed by atoms with E-state index in [1.165, 1.54) is 5.56 Å². The Morgan fingerprint density at radius 3 is 2.38 bits per heavy atom. The second-order valence-corrected chi connectivity index (χ2v) is 7.45. The first-order valence-electron chi connectivity index (χ1n) is 8.56. The van der Waals surface area contributed by atoms with Crippen LogP contribution >= 0.6 is 23.4 Å². The Kier molecular flexibility index (Phi) is 6.22. The van der Waals surface area contributed by atoms with Gasteiger partial charge in [0, 0.05) is 17.3 Å². The topological polar surface area (TPSA) is 39.9 Å². The summed E-state index contributed by atoms with van der Waals surface area (Å²) in [5, 5.41) is 10.3. The first kappa shape index (κ1) is 18.8. The highest BCUT2D eigenvalue weighted by atomic mass is 35.5. The van der Waals surface area contributed by atoms with Crippen molar-refractivity contribution in [3.8, 4) is 5.75 Å². The predicted octanol–water partition coefficient (Wildman–Crippen LogP) is 5.44. The number of benzene rings is 2. The van der Waals surface area contributed by atoms with E-state index in [0.29, 0.717) is 6.61 Å². The van der Waals surface area contributed by atoms with Crippen LogP contribution in [0.4, 0.5) is 0 Å². The lowest BCUT2D eigenvalue weighted by molar-refractivity contribution is 0.284. The average Bonchev–Trinajstić information content (AvgIpc) is 3.03. The smallest absolute Gasteiger partial charge is 0.191 e. The third-order valence-corrected chi connectivity index (χ3v) is 5.44. The van der Waals surface area contributed by atoms with Gasteiger partial charge >= 0.3 is 0 Å². The van der Waals surface area contributed by atoms with Crippen molar-refractivity contribution in [3.63, 3.8) is 0 Å². The highest BCUT2D eigenvalue weighted by molar-refractivity contribution is 7.98. The fourth-order valence-electron chi connectivity index (χ4n) is 2.74. The van der Waals surface area contributed by atoms with Crippen molar-refractivity contribution in [2.24, 2.45) is 0 Å². The Morgan fingerprint density at radius 1 is 1.04 bits per heavy atom. The number of halogens is 1. The molecule has 0 bridgehead atoms. The van der Waals surface area contributed by atoms with Crippen molar-refractivity contribution in [1.82, 2.24) is 14.8 Å². The van der Waals surface area contributed by atoms with Crippen LogP contribution in [0.1, 0.15) is 29.4 Å². The van der Waals surface area contributed by atoms with Gasteiger partial charge in [-0.2, -0.15) is 0 Å². The van der Waals surface area contributed by atoms with Gasteiger partial charge in [-0.15, -0.1) is 10.2 Å². The third-order valence-electron chi connectivity index (χ3n) is 4.15. The summed E-state index contributed by atoms with van der Waals surface area (Å²) in [5.74, 6) is 2.59. The van der Waals surface area contributed by atoms with Crippen LogP contribution in [-0.2, 0) is 18.9 Å². The molecular weight excluding hydrogens is 366 g/mol. The highest BCUT2D eigenvalue weighted by Crippen LogP contribution is 2.25. The van der Waals surface area contributed by atoms with E-state index < -0.39 is 0 Å². The van der Waals surface area contributed by atoms with Gasteiger partial charge in [0.15, 0.2) is 11.0 Å². The number of hydrogen-bond donors (Lipinski definition) is 0. The lowest BCUT2D eigenvalue weighted by atomic mass is 10.1. The fourth-order valence-corrected chi connectivity index (χ4v) is 3.85. The molecule has 0 aliphatic carbocycles. The van der Waals surface area contributed by atoms with Gasteiger partial charge in [-0.1, -0.05) is 53.7 Å². The van der Waals surface area contributed by atoms with Crippen molar-refractivity contribution in [1.29, 1.82) is 0 Å². The minimum absolute atomic E-state index is 0.411. The van der Waals surface area contributed by atoms with Crippen LogP contribution in [0.3, 0.4) is 0 Å². The Labute approximate surface area is 163 Å². The Bertz CT molecular complexity index is 857. The molecule has 6 heteroatoms. The maximum atomic E-state index is 6.04. The molecule has 136 valence electrons. The molecule has 1 aromatic heterocycles. The molecule has 0 N–H and O–H groups in total. The van der Waals surface area contributed by atoms with Gasteiger partial charge in [0.05, 0.1) is 0 Å². The number of para-hydroxylation sites is 1. The zero-order chi connectivity index (χ0) is 18.5. The fraction of sp³-hybridized carbons (Fsp3) is 0.300. The van der Waals surface area contributed by atoms with Crippen molar-refractivity contribution in [2.45, 2.75) is 44.8 Å². The lowest BCUT2D eigenvalue weighted by Crippen LogP contribution is -2.08. The number of ether oxygens (including phenoxy) is 1. The Hall–Kier alpha value is -1.98. The molecule has 0 saturated carbocycles. The van der Waals surface area contributed by atoms with E-state index in [-0.39, 0.29) is 0 Å². The van der Waals surface area contributed by atoms with Crippen LogP contribution in [0.25, 0.3) is 0 Å². The SMILES string of the molecule is CCn1c(COc2c(C)cccc2C)nnc1SCc1ccc(Cl)cc1. The molecule has 0 aliphatic rings. The van der Waals surface area contributed by atoms with E-state index >= 15 is 0 Å². The van der Waals surface area contributed by atoms with Crippen molar-refractivity contribution < 1.29 is 4.74 Å². The molecule has 0 radical (unpaired) electrons. The quantitative estimate of drug-likeness (QED) is 0.506. The van der Waals surface area contributed by atoms with Gasteiger partial charge in [-0.25, -0.2) is 0 Å². The van der Waals surface area contributed by atoms with Crippen LogP contribution < -0.4 is 4.74 Å². The van der Waals surface area contributed by atoms with Gasteiger partial charge in [0.25, 0.3) is 0 Å². The largest absolute Gasteiger partial charge is 0.485 e. The number of rotatable bonds is 7. The molecule has 0 fully saturated rings. The second kappa shape index (κ2) is 8.60. The zero-order valence-corrected chi connectivity index (χ0v) is 16.8. The lowest BCUT2D eigenvalue weighted by Gasteiger charge is -2.12. The van der Waals surface area contributed by atoms with E-state index in [1.807, 2.05) is 30.3 Å². The first-order valence-corrected chi connectivity index (χ1v) is 9.93. The summed E-state index contributed by atoms with van der Waals surface area (Å²) < 4.78 is 8.14. The van der Waals surface area contributed by atoms with E-state index in [0.717, 1.165) is 45.2 Å². The van der Waals surface area contributed by atoms with Crippen LogP contribution in [0.2, 0.25) is 5.02 Å². The second-order valence-electron chi connectivity index (χ2n) is 6.07. The predicted molar refractivity (Wildman–Crippen MR) is 107 cm³/mol. The molecule has 26 heavy (non-hydrogen) atoms. The van der Waals surface area contributed by atoms with E-state index in [2.05, 4.69) is 47.7 Å². The van der Waals surface area contributed by atoms with Gasteiger partial charge < -0.3 is 9.30 Å². The summed E-state index contributed by atoms with van der Waals surface area (Å²) >= 11 is 7.61. The zero-order valence-electron chi connectivity index (χ0n) is 15.2. The van der Waals surface area contributed by atoms with Crippen LogP contribution in [0.5, 0.6) is 5.75 Å². The summed E-state index contributed by atoms with van der Waals surface area (Å²) in [7, 11) is 0. The molecule has 3 aromatic rings. The summed E-state index contributed by atoms with van der Waals surface area (Å²) in [6.45, 7) is 7.42. The summed E-state index contributed by atoms with van der Waals surface area (Å²) in [6.07, 6.45) is 0. The molecule has 1 heterocycles. The van der Waals surface area contributed by atoms with E-state index in [4.69, 9.17) is 16.3 Å². The van der Waals surface area contributed by atoms with Crippen molar-refractivity contribution in [2.75, 3.05) is 0 Å². The Morgan fingerprint density at radius 2 is 1.73 bits per heavy atom. The maximum Gasteiger partial charge on any atom is 0.191 e. The molecule has 3 rings (SSSR count). The normalized spacial score (nSPS) is 10.9. The van der Waals surface area contributed by atoms with Gasteiger partial charge in [0.2, 0.25) is 0 Å². The molecule has 0 saturated heterocycles. The van der Waals surface area contributed by atoms with E-state index in [9.17, 15) is 0 Å². The highest BCUT2D eigenvalue weighted by Gasteiger charge is 2.13. The van der Waals surface area contributed by atoms with Gasteiger partial charge in [-0.05, 0) is 49.6 Å². The molecule has 0 atom stereocenters. The third kappa shape index (κ3) is 4.40. The molecule has 2 aromatic carbocycles. The summed E-state index contributed by atoms with van der Waals surface area (Å²) in [6, 6.07) is 14.0. The van der Waals surface area contributed by atoms with Gasteiger partial charge in [-0.3, -0.25) is 0 Å². The molecule has 0 unspecified atom stereocenters. The Balaban J connectivity index is 1.68. The van der Waals surface area contributed by atoms with Crippen molar-refractivity contribution >= 4 is 23.4 Å². The van der Waals surface area contributed by atoms with Crippen LogP contribution in [0, 0.1) is 13.8 Å². The molecule has 0 aliphatic heterocycles. The molecule has 0 amide bonds. The first-order chi connectivity index (χ1) is 12.6. The van der Waals surface area contributed by atoms with E-state index in [1.54, 1.807) is 11.8 Å². The average molecular weight is 388 g/mol. The minimum Gasteiger partial charge on any atom is -0.485 e. The monoisotopic (exact) mass is 387 g/mol. The maximum absolute atomic E-state index is 6.04. The number of aryl methyl sites for hydroxylation is 2. The standard InChI is InChI=1S/C20H22ClN3OS/c1-4-24-18(12-25-19-14(2)6-5-7-15(19)3)22-23-20(24)26-13-16-8-10-17(21)11-9-16/h5-11H,4,12-13H2,1-3H3. The number of hydrogen-bond acceptors (Lipinski definition) is 4. The van der Waals surface area contributed by atoms with Gasteiger partial charge in [0.1, 0.15) is 12.4 Å². The molecule has 0 spiro atoms. The summed E-state index contributed by atoms with van der Waals surface area (Å²) in [5.41, 5.74) is 3.47.